The molecule has 0 heterocycles. The number of rotatable bonds is 2. The maximum absolute atomic E-state index is 9.85. The average Bonchev–Trinajstić information content (AvgIpc) is 1.65. The largest absolute Gasteiger partial charge is 0.425 e. The summed E-state index contributed by atoms with van der Waals surface area (Å²) in [4.78, 5) is 18.4. The highest BCUT2D eigenvalue weighted by Gasteiger charge is 1.97. The van der Waals surface area contributed by atoms with Crippen LogP contribution in [0.4, 0.5) is 4.79 Å². The molecule has 0 bridgehead atoms. The van der Waals surface area contributed by atoms with Crippen LogP contribution in [0.3, 0.4) is 0 Å². The third kappa shape index (κ3) is 3.38. The highest BCUT2D eigenvalue weighted by Crippen LogP contribution is 1.80. The van der Waals surface area contributed by atoms with Crippen LogP contribution in [0.5, 0.6) is 0 Å². The van der Waals surface area contributed by atoms with E-state index in [0.717, 1.165) is 5.23 Å². The van der Waals surface area contributed by atoms with E-state index in [4.69, 9.17) is 0 Å². The molecule has 0 aliphatic rings. The molecule has 1 amide bonds. The maximum Gasteiger partial charge on any atom is 0.425 e. The Balaban J connectivity index is 3.24. The number of nitrogens with two attached hydrogens (primary N) is 1. The number of carbonyl (C=O) groups excluding carboxylic acids is 1. The van der Waals surface area contributed by atoms with Gasteiger partial charge in [0.25, 0.3) is 0 Å². The number of hydrogen-bond acceptors (Lipinski definition) is 4. The molecule has 0 aromatic heterocycles. The summed E-state index contributed by atoms with van der Waals surface area (Å²) in [5.74, 6) is 0. The Hall–Kier alpha value is -0.810. The molecule has 0 saturated carbocycles. The van der Waals surface area contributed by atoms with Gasteiger partial charge < -0.3 is 10.6 Å². The lowest BCUT2D eigenvalue weighted by Gasteiger charge is -2.08. The van der Waals surface area contributed by atoms with Gasteiger partial charge in [-0.15, -0.1) is 0 Å². The molecule has 8 heavy (non-hydrogen) atoms. The van der Waals surface area contributed by atoms with Crippen molar-refractivity contribution in [1.29, 1.82) is 0 Å². The first-order valence-corrected chi connectivity index (χ1v) is 1.92. The van der Waals surface area contributed by atoms with E-state index in [-0.39, 0.29) is 0 Å². The molecule has 5 heteroatoms. The topological polar surface area (TPSA) is 64.8 Å². The predicted molar refractivity (Wildman–Crippen MR) is 25.4 cm³/mol. The van der Waals surface area contributed by atoms with Crippen molar-refractivity contribution in [3.05, 3.63) is 0 Å². The molecule has 0 spiro atoms. The molecule has 0 atom stereocenters. The minimum atomic E-state index is -0.894. The molecule has 0 fully saturated rings. The molecule has 0 unspecified atom stereocenters. The Labute approximate surface area is 46.9 Å². The molecule has 0 aromatic carbocycles. The molecule has 5 nitrogen and oxygen atoms in total. The fourth-order valence-corrected chi connectivity index (χ4v) is 0.164. The van der Waals surface area contributed by atoms with Gasteiger partial charge in [-0.3, -0.25) is 4.84 Å². The van der Waals surface area contributed by atoms with Gasteiger partial charge in [0.15, 0.2) is 0 Å². The smallest absolute Gasteiger partial charge is 0.333 e. The Bertz CT molecular complexity index is 84.6. The monoisotopic (exact) mass is 120 g/mol. The standard InChI is InChI=1S/C3H8N2O3/c1-5(7-2)8-3(4)6/h1-2H3,(H2,4,6). The van der Waals surface area contributed by atoms with Crippen LogP contribution in [-0.2, 0) is 9.68 Å². The van der Waals surface area contributed by atoms with Crippen molar-refractivity contribution in [3.8, 4) is 0 Å². The summed E-state index contributed by atoms with van der Waals surface area (Å²) in [5.41, 5.74) is 4.59. The number of amides is 1. The van der Waals surface area contributed by atoms with E-state index in [9.17, 15) is 4.79 Å². The second-order valence-electron chi connectivity index (χ2n) is 1.03. The minimum absolute atomic E-state index is 0.850. The Kier molecular flexibility index (Phi) is 2.90. The van der Waals surface area contributed by atoms with Crippen molar-refractivity contribution < 1.29 is 14.5 Å². The van der Waals surface area contributed by atoms with Crippen molar-refractivity contribution >= 4 is 6.09 Å². The van der Waals surface area contributed by atoms with Gasteiger partial charge in [0.2, 0.25) is 0 Å². The number of hydrogen-bond donors (Lipinski definition) is 1. The van der Waals surface area contributed by atoms with E-state index in [2.05, 4.69) is 15.4 Å². The van der Waals surface area contributed by atoms with Crippen LogP contribution >= 0.6 is 0 Å². The summed E-state index contributed by atoms with van der Waals surface area (Å²) in [6.45, 7) is 0. The molecule has 0 aromatic rings. The third-order valence-electron chi connectivity index (χ3n) is 0.476. The quantitative estimate of drug-likeness (QED) is 0.498. The van der Waals surface area contributed by atoms with Crippen LogP contribution in [0, 0.1) is 0 Å². The first-order chi connectivity index (χ1) is 3.66. The van der Waals surface area contributed by atoms with Crippen LogP contribution in [-0.4, -0.2) is 25.5 Å². The Morgan fingerprint density at radius 2 is 2.25 bits per heavy atom. The lowest BCUT2D eigenvalue weighted by molar-refractivity contribution is -0.301. The van der Waals surface area contributed by atoms with E-state index in [0.29, 0.717) is 0 Å². The van der Waals surface area contributed by atoms with Gasteiger partial charge in [-0.05, 0) is 5.23 Å². The van der Waals surface area contributed by atoms with Gasteiger partial charge in [-0.25, -0.2) is 4.79 Å². The summed E-state index contributed by atoms with van der Waals surface area (Å²) in [6.07, 6.45) is -0.894. The molecule has 0 aliphatic carbocycles. The summed E-state index contributed by atoms with van der Waals surface area (Å²) in [7, 11) is 2.76. The normalized spacial score (nSPS) is 9.38. The van der Waals surface area contributed by atoms with Crippen molar-refractivity contribution in [2.75, 3.05) is 14.2 Å². The zero-order valence-electron chi connectivity index (χ0n) is 4.75. The maximum atomic E-state index is 9.85. The van der Waals surface area contributed by atoms with Crippen molar-refractivity contribution in [3.63, 3.8) is 0 Å². The van der Waals surface area contributed by atoms with Crippen molar-refractivity contribution in [2.24, 2.45) is 5.73 Å². The predicted octanol–water partition coefficient (Wildman–Crippen LogP) is -0.510. The summed E-state index contributed by atoms with van der Waals surface area (Å²) in [5, 5.41) is 0.850. The first kappa shape index (κ1) is 7.19. The zero-order valence-corrected chi connectivity index (χ0v) is 4.75. The van der Waals surface area contributed by atoms with Crippen LogP contribution in [0.1, 0.15) is 0 Å². The number of primary amides is 1. The Morgan fingerprint density at radius 1 is 1.75 bits per heavy atom. The highest BCUT2D eigenvalue weighted by atomic mass is 17.0. The second kappa shape index (κ2) is 3.23. The molecular formula is C3H8N2O3. The molecule has 0 saturated heterocycles. The van der Waals surface area contributed by atoms with Crippen molar-refractivity contribution in [2.45, 2.75) is 0 Å². The second-order valence-corrected chi connectivity index (χ2v) is 1.03. The summed E-state index contributed by atoms with van der Waals surface area (Å²) in [6, 6.07) is 0. The molecule has 48 valence electrons. The fraction of sp³-hybridized carbons (Fsp3) is 0.667. The SMILES string of the molecule is CON(C)OC(N)=O. The fourth-order valence-electron chi connectivity index (χ4n) is 0.164. The molecular weight excluding hydrogens is 112 g/mol. The highest BCUT2D eigenvalue weighted by molar-refractivity contribution is 5.64. The van der Waals surface area contributed by atoms with Crippen LogP contribution in [0.2, 0.25) is 0 Å². The summed E-state index contributed by atoms with van der Waals surface area (Å²) < 4.78 is 0. The number of nitrogens with zero attached hydrogens (tertiary/aromatic N) is 1. The molecule has 0 rings (SSSR count). The lowest BCUT2D eigenvalue weighted by atomic mass is 11.3. The molecule has 0 aliphatic heterocycles. The van der Waals surface area contributed by atoms with E-state index in [1.54, 1.807) is 0 Å². The van der Waals surface area contributed by atoms with Crippen LogP contribution < -0.4 is 5.73 Å². The van der Waals surface area contributed by atoms with Gasteiger partial charge in [0, 0.05) is 0 Å². The van der Waals surface area contributed by atoms with Gasteiger partial charge in [0.05, 0.1) is 14.2 Å². The van der Waals surface area contributed by atoms with Gasteiger partial charge >= 0.3 is 6.09 Å². The lowest BCUT2D eigenvalue weighted by Crippen LogP contribution is -2.25. The van der Waals surface area contributed by atoms with Gasteiger partial charge in [-0.2, -0.15) is 0 Å². The van der Waals surface area contributed by atoms with E-state index >= 15 is 0 Å². The average molecular weight is 120 g/mol. The third-order valence-corrected chi connectivity index (χ3v) is 0.476. The zero-order chi connectivity index (χ0) is 6.57. The summed E-state index contributed by atoms with van der Waals surface area (Å²) >= 11 is 0. The van der Waals surface area contributed by atoms with Gasteiger partial charge in [-0.1, -0.05) is 0 Å². The van der Waals surface area contributed by atoms with Gasteiger partial charge in [0.1, 0.15) is 0 Å². The van der Waals surface area contributed by atoms with Crippen LogP contribution in [0.15, 0.2) is 0 Å². The molecule has 0 radical (unpaired) electrons. The molecule has 2 N–H and O–H groups in total. The first-order valence-electron chi connectivity index (χ1n) is 1.92. The van der Waals surface area contributed by atoms with E-state index in [1.165, 1.54) is 14.2 Å². The minimum Gasteiger partial charge on any atom is -0.333 e. The number of carbonyl (C=O) groups is 1. The van der Waals surface area contributed by atoms with Crippen LogP contribution in [0.25, 0.3) is 0 Å². The number of hydroxylamine groups is 2. The van der Waals surface area contributed by atoms with E-state index < -0.39 is 6.09 Å². The van der Waals surface area contributed by atoms with Crippen molar-refractivity contribution in [1.82, 2.24) is 5.23 Å². The Morgan fingerprint density at radius 3 is 2.38 bits per heavy atom. The van der Waals surface area contributed by atoms with E-state index in [1.807, 2.05) is 0 Å².